The molecule has 0 saturated carbocycles. The van der Waals surface area contributed by atoms with Gasteiger partial charge in [-0.05, 0) is 39.2 Å². The molecule has 0 spiro atoms. The van der Waals surface area contributed by atoms with Crippen molar-refractivity contribution in [2.45, 2.75) is 63.3 Å². The standard InChI is InChI=1S/C18H31N5O7/c1-10(24)15(18(30)21-9-13(25)19-2)23-17(29)12(5-3-7-14(26)27)22-16(28)11-6-4-8-20-11/h10-12,15,20,24H,3-9H2,1-2H3,(H,19,25)(H,21,30)(H,22,28)(H,23,29)(H,26,27)/t10-,11+,12+,15+/m1/s1. The number of carboxylic acid groups (broad SMARTS) is 1. The maximum atomic E-state index is 12.7. The smallest absolute Gasteiger partial charge is 0.303 e. The molecule has 12 heteroatoms. The zero-order chi connectivity index (χ0) is 22.7. The number of nitrogens with one attached hydrogen (secondary N) is 5. The molecule has 0 aromatic carbocycles. The van der Waals surface area contributed by atoms with Crippen LogP contribution < -0.4 is 26.6 Å². The number of carboxylic acids is 1. The summed E-state index contributed by atoms with van der Waals surface area (Å²) in [5.74, 6) is -3.38. The maximum absolute atomic E-state index is 12.7. The van der Waals surface area contributed by atoms with Gasteiger partial charge < -0.3 is 36.8 Å². The van der Waals surface area contributed by atoms with E-state index in [1.807, 2.05) is 0 Å². The van der Waals surface area contributed by atoms with Crippen molar-refractivity contribution < 1.29 is 34.2 Å². The lowest BCUT2D eigenvalue weighted by Crippen LogP contribution is -2.58. The van der Waals surface area contributed by atoms with Crippen molar-refractivity contribution in [3.8, 4) is 0 Å². The number of amides is 4. The van der Waals surface area contributed by atoms with Gasteiger partial charge >= 0.3 is 5.97 Å². The van der Waals surface area contributed by atoms with E-state index in [0.717, 1.165) is 6.42 Å². The van der Waals surface area contributed by atoms with E-state index in [0.29, 0.717) is 13.0 Å². The van der Waals surface area contributed by atoms with Gasteiger partial charge in [-0.2, -0.15) is 0 Å². The van der Waals surface area contributed by atoms with Gasteiger partial charge in [0.05, 0.1) is 18.7 Å². The summed E-state index contributed by atoms with van der Waals surface area (Å²) >= 11 is 0. The molecule has 1 saturated heterocycles. The van der Waals surface area contributed by atoms with Gasteiger partial charge in [0.2, 0.25) is 23.6 Å². The average molecular weight is 429 g/mol. The first kappa shape index (κ1) is 25.3. The Morgan fingerprint density at radius 3 is 2.37 bits per heavy atom. The Morgan fingerprint density at radius 2 is 1.83 bits per heavy atom. The maximum Gasteiger partial charge on any atom is 0.303 e. The molecule has 4 atom stereocenters. The summed E-state index contributed by atoms with van der Waals surface area (Å²) in [4.78, 5) is 59.4. The summed E-state index contributed by atoms with van der Waals surface area (Å²) in [6.07, 6.45) is 0.160. The van der Waals surface area contributed by atoms with E-state index in [1.165, 1.54) is 14.0 Å². The van der Waals surface area contributed by atoms with Gasteiger partial charge in [-0.1, -0.05) is 0 Å². The second-order valence-corrected chi connectivity index (χ2v) is 7.11. The van der Waals surface area contributed by atoms with Crippen LogP contribution in [0, 0.1) is 0 Å². The predicted octanol–water partition coefficient (Wildman–Crippen LogP) is -2.79. The minimum Gasteiger partial charge on any atom is -0.481 e. The second kappa shape index (κ2) is 12.8. The molecule has 1 aliphatic rings. The highest BCUT2D eigenvalue weighted by Crippen LogP contribution is 2.08. The van der Waals surface area contributed by atoms with Gasteiger partial charge in [0.15, 0.2) is 0 Å². The summed E-state index contributed by atoms with van der Waals surface area (Å²) in [5, 5.41) is 31.3. The van der Waals surface area contributed by atoms with Crippen LogP contribution >= 0.6 is 0 Å². The zero-order valence-corrected chi connectivity index (χ0v) is 17.2. The van der Waals surface area contributed by atoms with Gasteiger partial charge in [-0.3, -0.25) is 24.0 Å². The second-order valence-electron chi connectivity index (χ2n) is 7.11. The van der Waals surface area contributed by atoms with Crippen LogP contribution in [0.4, 0.5) is 0 Å². The molecule has 1 fully saturated rings. The Morgan fingerprint density at radius 1 is 1.13 bits per heavy atom. The van der Waals surface area contributed by atoms with Crippen LogP contribution in [-0.2, 0) is 24.0 Å². The molecule has 30 heavy (non-hydrogen) atoms. The van der Waals surface area contributed by atoms with Crippen LogP contribution in [-0.4, -0.2) is 84.2 Å². The van der Waals surface area contributed by atoms with Crippen LogP contribution in [0.15, 0.2) is 0 Å². The van der Waals surface area contributed by atoms with E-state index < -0.39 is 47.9 Å². The molecule has 1 aliphatic heterocycles. The Kier molecular flexibility index (Phi) is 10.8. The number of rotatable bonds is 12. The Bertz CT molecular complexity index is 634. The molecule has 1 heterocycles. The van der Waals surface area contributed by atoms with Crippen molar-refractivity contribution >= 4 is 29.6 Å². The minimum atomic E-state index is -1.36. The fraction of sp³-hybridized carbons (Fsp3) is 0.722. The molecule has 0 aliphatic carbocycles. The number of carbonyl (C=O) groups is 5. The van der Waals surface area contributed by atoms with Gasteiger partial charge in [-0.25, -0.2) is 0 Å². The van der Waals surface area contributed by atoms with Gasteiger partial charge in [0.25, 0.3) is 0 Å². The molecular weight excluding hydrogens is 398 g/mol. The average Bonchev–Trinajstić information content (AvgIpc) is 3.23. The Labute approximate surface area is 174 Å². The predicted molar refractivity (Wildman–Crippen MR) is 105 cm³/mol. The number of carbonyl (C=O) groups excluding carboxylic acids is 4. The van der Waals surface area contributed by atoms with Crippen molar-refractivity contribution in [2.75, 3.05) is 20.1 Å². The highest BCUT2D eigenvalue weighted by Gasteiger charge is 2.31. The fourth-order valence-corrected chi connectivity index (χ4v) is 2.93. The number of likely N-dealkylation sites (N-methyl/N-ethyl adjacent to an activating group) is 1. The first-order valence-electron chi connectivity index (χ1n) is 9.88. The summed E-state index contributed by atoms with van der Waals surface area (Å²) in [7, 11) is 1.39. The lowest BCUT2D eigenvalue weighted by molar-refractivity contribution is -0.137. The van der Waals surface area contributed by atoms with Gasteiger partial charge in [0.1, 0.15) is 12.1 Å². The first-order valence-corrected chi connectivity index (χ1v) is 9.88. The van der Waals surface area contributed by atoms with Gasteiger partial charge in [-0.15, -0.1) is 0 Å². The molecule has 170 valence electrons. The number of hydrogen-bond donors (Lipinski definition) is 7. The number of aliphatic hydroxyl groups excluding tert-OH is 1. The largest absolute Gasteiger partial charge is 0.481 e. The SMILES string of the molecule is CNC(=O)CNC(=O)[C@@H](NC(=O)[C@H](CCCC(=O)O)NC(=O)[C@@H]1CCCN1)[C@@H](C)O. The third-order valence-electron chi connectivity index (χ3n) is 4.66. The summed E-state index contributed by atoms with van der Waals surface area (Å²) in [6, 6.07) is -2.87. The molecule has 0 aromatic rings. The van der Waals surface area contributed by atoms with Gasteiger partial charge in [0, 0.05) is 13.5 Å². The number of hydrogen-bond acceptors (Lipinski definition) is 7. The van der Waals surface area contributed by atoms with E-state index in [4.69, 9.17) is 5.11 Å². The van der Waals surface area contributed by atoms with Crippen molar-refractivity contribution in [2.24, 2.45) is 0 Å². The Balaban J connectivity index is 2.79. The van der Waals surface area contributed by atoms with E-state index in [-0.39, 0.29) is 31.7 Å². The molecule has 0 bridgehead atoms. The molecule has 0 aromatic heterocycles. The lowest BCUT2D eigenvalue weighted by Gasteiger charge is -2.25. The van der Waals surface area contributed by atoms with E-state index in [2.05, 4.69) is 26.6 Å². The topological polar surface area (TPSA) is 186 Å². The third-order valence-corrected chi connectivity index (χ3v) is 4.66. The number of aliphatic carboxylic acids is 1. The van der Waals surface area contributed by atoms with E-state index in [9.17, 15) is 29.1 Å². The lowest BCUT2D eigenvalue weighted by atomic mass is 10.1. The van der Waals surface area contributed by atoms with Crippen LogP contribution in [0.1, 0.15) is 39.0 Å². The van der Waals surface area contributed by atoms with Crippen molar-refractivity contribution in [3.05, 3.63) is 0 Å². The van der Waals surface area contributed by atoms with Crippen molar-refractivity contribution in [3.63, 3.8) is 0 Å². The molecule has 1 rings (SSSR count). The molecule has 0 radical (unpaired) electrons. The third kappa shape index (κ3) is 8.74. The normalized spacial score (nSPS) is 18.6. The monoisotopic (exact) mass is 429 g/mol. The quantitative estimate of drug-likeness (QED) is 0.173. The highest BCUT2D eigenvalue weighted by atomic mass is 16.4. The summed E-state index contributed by atoms with van der Waals surface area (Å²) < 4.78 is 0. The fourth-order valence-electron chi connectivity index (χ4n) is 2.93. The van der Waals surface area contributed by atoms with Crippen LogP contribution in [0.5, 0.6) is 0 Å². The highest BCUT2D eigenvalue weighted by molar-refractivity contribution is 5.94. The molecule has 0 unspecified atom stereocenters. The molecular formula is C18H31N5O7. The minimum absolute atomic E-state index is 0.0446. The van der Waals surface area contributed by atoms with Crippen LogP contribution in [0.2, 0.25) is 0 Å². The Hall–Kier alpha value is -2.73. The van der Waals surface area contributed by atoms with Crippen LogP contribution in [0.25, 0.3) is 0 Å². The first-order chi connectivity index (χ1) is 14.1. The zero-order valence-electron chi connectivity index (χ0n) is 17.2. The van der Waals surface area contributed by atoms with E-state index >= 15 is 0 Å². The summed E-state index contributed by atoms with van der Waals surface area (Å²) in [5.41, 5.74) is 0. The summed E-state index contributed by atoms with van der Waals surface area (Å²) in [6.45, 7) is 1.65. The number of aliphatic hydroxyl groups is 1. The molecule has 7 N–H and O–H groups in total. The van der Waals surface area contributed by atoms with E-state index in [1.54, 1.807) is 0 Å². The molecule has 12 nitrogen and oxygen atoms in total. The van der Waals surface area contributed by atoms with Crippen molar-refractivity contribution in [1.82, 2.24) is 26.6 Å². The molecule has 4 amide bonds. The van der Waals surface area contributed by atoms with Crippen LogP contribution in [0.3, 0.4) is 0 Å². The van der Waals surface area contributed by atoms with Crippen molar-refractivity contribution in [1.29, 1.82) is 0 Å².